The van der Waals surface area contributed by atoms with Crippen molar-refractivity contribution >= 4 is 11.6 Å². The molecule has 0 aliphatic carbocycles. The van der Waals surface area contributed by atoms with E-state index in [1.807, 2.05) is 18.2 Å². The Morgan fingerprint density at radius 3 is 2.35 bits per heavy atom. The molecule has 0 amide bonds. The second-order valence-electron chi connectivity index (χ2n) is 4.72. The van der Waals surface area contributed by atoms with Crippen LogP contribution in [0.2, 0.25) is 5.02 Å². The first-order valence-corrected chi connectivity index (χ1v) is 7.06. The van der Waals surface area contributed by atoms with Gasteiger partial charge in [-0.2, -0.15) is 0 Å². The molecule has 0 heterocycles. The molecule has 1 nitrogen and oxygen atoms in total. The van der Waals surface area contributed by atoms with E-state index in [4.69, 9.17) is 11.6 Å². The van der Waals surface area contributed by atoms with Crippen molar-refractivity contribution < 1.29 is 0 Å². The molecule has 1 N–H and O–H groups in total. The van der Waals surface area contributed by atoms with Gasteiger partial charge in [-0.3, -0.25) is 0 Å². The molecule has 0 aliphatic heterocycles. The van der Waals surface area contributed by atoms with Crippen LogP contribution in [0.4, 0.5) is 0 Å². The number of hydrogen-bond acceptors (Lipinski definition) is 1. The lowest BCUT2D eigenvalue weighted by Crippen LogP contribution is -2.31. The van der Waals surface area contributed by atoms with Gasteiger partial charge in [0.05, 0.1) is 0 Å². The zero-order valence-electron chi connectivity index (χ0n) is 11.2. The van der Waals surface area contributed by atoms with Crippen molar-refractivity contribution in [3.05, 3.63) is 34.9 Å². The number of halogens is 1. The maximum atomic E-state index is 6.02. The molecule has 1 rings (SSSR count). The van der Waals surface area contributed by atoms with Crippen LogP contribution in [0.3, 0.4) is 0 Å². The maximum Gasteiger partial charge on any atom is 0.0409 e. The third-order valence-electron chi connectivity index (χ3n) is 3.11. The summed E-state index contributed by atoms with van der Waals surface area (Å²) in [7, 11) is 0. The first-order valence-electron chi connectivity index (χ1n) is 6.68. The Bertz CT molecular complexity index is 318. The Balaban J connectivity index is 2.59. The van der Waals surface area contributed by atoms with Gasteiger partial charge in [-0.25, -0.2) is 0 Å². The van der Waals surface area contributed by atoms with Crippen molar-refractivity contribution in [3.8, 4) is 0 Å². The van der Waals surface area contributed by atoms with Crippen molar-refractivity contribution in [2.45, 2.75) is 58.5 Å². The van der Waals surface area contributed by atoms with Gasteiger partial charge in [0.2, 0.25) is 0 Å². The summed E-state index contributed by atoms with van der Waals surface area (Å²) in [6, 6.07) is 9.13. The molecule has 2 heteroatoms. The summed E-state index contributed by atoms with van der Waals surface area (Å²) in [5, 5.41) is 4.52. The summed E-state index contributed by atoms with van der Waals surface area (Å²) in [5.41, 5.74) is 1.27. The Morgan fingerprint density at radius 2 is 1.82 bits per heavy atom. The minimum Gasteiger partial charge on any atom is -0.307 e. The van der Waals surface area contributed by atoms with Crippen molar-refractivity contribution in [1.82, 2.24) is 5.32 Å². The summed E-state index contributed by atoms with van der Waals surface area (Å²) in [6.45, 7) is 6.70. The predicted molar refractivity (Wildman–Crippen MR) is 76.6 cm³/mol. The molecular weight excluding hydrogens is 230 g/mol. The van der Waals surface area contributed by atoms with Crippen LogP contribution in [0, 0.1) is 0 Å². The van der Waals surface area contributed by atoms with E-state index in [0.29, 0.717) is 12.1 Å². The Hall–Kier alpha value is -0.530. The molecule has 96 valence electrons. The van der Waals surface area contributed by atoms with Crippen LogP contribution in [0.25, 0.3) is 0 Å². The van der Waals surface area contributed by atoms with Gasteiger partial charge in [0.1, 0.15) is 0 Å². The van der Waals surface area contributed by atoms with E-state index in [1.54, 1.807) is 0 Å². The highest BCUT2D eigenvalue weighted by Crippen LogP contribution is 2.19. The number of rotatable bonds is 7. The van der Waals surface area contributed by atoms with E-state index in [-0.39, 0.29) is 0 Å². The van der Waals surface area contributed by atoms with Gasteiger partial charge >= 0.3 is 0 Å². The molecule has 0 radical (unpaired) electrons. The molecule has 1 aromatic rings. The van der Waals surface area contributed by atoms with Crippen molar-refractivity contribution in [2.24, 2.45) is 0 Å². The number of benzene rings is 1. The zero-order chi connectivity index (χ0) is 12.7. The highest BCUT2D eigenvalue weighted by atomic mass is 35.5. The average molecular weight is 254 g/mol. The first-order chi connectivity index (χ1) is 8.17. The van der Waals surface area contributed by atoms with Gasteiger partial charge in [-0.05, 0) is 37.5 Å². The summed E-state index contributed by atoms with van der Waals surface area (Å²) in [5.74, 6) is 0. The monoisotopic (exact) mass is 253 g/mol. The fourth-order valence-electron chi connectivity index (χ4n) is 2.23. The molecule has 17 heavy (non-hydrogen) atoms. The van der Waals surface area contributed by atoms with Crippen LogP contribution < -0.4 is 5.32 Å². The van der Waals surface area contributed by atoms with Gasteiger partial charge in [-0.1, -0.05) is 50.4 Å². The van der Waals surface area contributed by atoms with Crippen LogP contribution in [0.1, 0.15) is 58.1 Å². The summed E-state index contributed by atoms with van der Waals surface area (Å²) in [4.78, 5) is 0. The van der Waals surface area contributed by atoms with Crippen LogP contribution >= 0.6 is 11.6 Å². The first kappa shape index (κ1) is 14.5. The predicted octanol–water partition coefficient (Wildman–Crippen LogP) is 4.96. The fourth-order valence-corrected chi connectivity index (χ4v) is 2.43. The highest BCUT2D eigenvalue weighted by molar-refractivity contribution is 6.30. The Kier molecular flexibility index (Phi) is 6.61. The zero-order valence-corrected chi connectivity index (χ0v) is 11.9. The Labute approximate surface area is 111 Å². The molecule has 0 saturated carbocycles. The fraction of sp³-hybridized carbons (Fsp3) is 0.600. The smallest absolute Gasteiger partial charge is 0.0409 e. The summed E-state index contributed by atoms with van der Waals surface area (Å²) in [6.07, 6.45) is 4.97. The molecule has 0 saturated heterocycles. The second kappa shape index (κ2) is 7.73. The van der Waals surface area contributed by atoms with E-state index < -0.39 is 0 Å². The van der Waals surface area contributed by atoms with Gasteiger partial charge in [0.15, 0.2) is 0 Å². The normalized spacial score (nSPS) is 13.0. The van der Waals surface area contributed by atoms with E-state index in [2.05, 4.69) is 32.2 Å². The van der Waals surface area contributed by atoms with E-state index in [0.717, 1.165) is 5.02 Å². The molecule has 0 aliphatic rings. The maximum absolute atomic E-state index is 6.02. The van der Waals surface area contributed by atoms with Crippen LogP contribution in [-0.4, -0.2) is 6.04 Å². The van der Waals surface area contributed by atoms with Gasteiger partial charge in [-0.15, -0.1) is 0 Å². The Morgan fingerprint density at radius 1 is 1.18 bits per heavy atom. The largest absolute Gasteiger partial charge is 0.307 e. The molecule has 1 atom stereocenters. The van der Waals surface area contributed by atoms with E-state index in [1.165, 1.54) is 31.2 Å². The third-order valence-corrected chi connectivity index (χ3v) is 3.34. The SMILES string of the molecule is CCCC(CCC)N[C@@H](C)c1cccc(Cl)c1. The third kappa shape index (κ3) is 5.10. The van der Waals surface area contributed by atoms with Crippen LogP contribution in [0.15, 0.2) is 24.3 Å². The van der Waals surface area contributed by atoms with Crippen molar-refractivity contribution in [3.63, 3.8) is 0 Å². The van der Waals surface area contributed by atoms with Crippen LogP contribution in [0.5, 0.6) is 0 Å². The van der Waals surface area contributed by atoms with Crippen LogP contribution in [-0.2, 0) is 0 Å². The van der Waals surface area contributed by atoms with Gasteiger partial charge < -0.3 is 5.32 Å². The molecule has 0 bridgehead atoms. The lowest BCUT2D eigenvalue weighted by molar-refractivity contribution is 0.402. The second-order valence-corrected chi connectivity index (χ2v) is 5.15. The number of hydrogen-bond donors (Lipinski definition) is 1. The minimum absolute atomic E-state index is 0.372. The lowest BCUT2D eigenvalue weighted by atomic mass is 10.0. The highest BCUT2D eigenvalue weighted by Gasteiger charge is 2.12. The molecule has 0 aromatic heterocycles. The average Bonchev–Trinajstić information content (AvgIpc) is 2.29. The lowest BCUT2D eigenvalue weighted by Gasteiger charge is -2.23. The number of nitrogens with one attached hydrogen (secondary N) is 1. The molecule has 1 aromatic carbocycles. The quantitative estimate of drug-likeness (QED) is 0.724. The standard InChI is InChI=1S/C15H24ClN/c1-4-7-15(8-5-2)17-12(3)13-9-6-10-14(16)11-13/h6,9-12,15,17H,4-5,7-8H2,1-3H3/t12-/m0/s1. The van der Waals surface area contributed by atoms with Gasteiger partial charge in [0, 0.05) is 17.1 Å². The molecule has 0 spiro atoms. The van der Waals surface area contributed by atoms with E-state index >= 15 is 0 Å². The van der Waals surface area contributed by atoms with Gasteiger partial charge in [0.25, 0.3) is 0 Å². The van der Waals surface area contributed by atoms with Crippen molar-refractivity contribution in [2.75, 3.05) is 0 Å². The summed E-state index contributed by atoms with van der Waals surface area (Å²) < 4.78 is 0. The molecule has 0 fully saturated rings. The molecule has 0 unspecified atom stereocenters. The summed E-state index contributed by atoms with van der Waals surface area (Å²) >= 11 is 6.02. The topological polar surface area (TPSA) is 12.0 Å². The van der Waals surface area contributed by atoms with Crippen molar-refractivity contribution in [1.29, 1.82) is 0 Å². The minimum atomic E-state index is 0.372. The molecular formula is C15H24ClN. The van der Waals surface area contributed by atoms with E-state index in [9.17, 15) is 0 Å².